The summed E-state index contributed by atoms with van der Waals surface area (Å²) in [7, 11) is 1.29. The molecule has 4 aliphatic carbocycles. The summed E-state index contributed by atoms with van der Waals surface area (Å²) in [5.41, 5.74) is 12.4. The van der Waals surface area contributed by atoms with Crippen LogP contribution in [0.4, 0.5) is 4.79 Å². The number of halogens is 2. The lowest BCUT2D eigenvalue weighted by molar-refractivity contribution is -0.270. The van der Waals surface area contributed by atoms with Crippen molar-refractivity contribution in [2.45, 2.75) is 183 Å². The zero-order valence-electron chi connectivity index (χ0n) is 60.7. The lowest BCUT2D eigenvalue weighted by atomic mass is 9.51. The van der Waals surface area contributed by atoms with E-state index in [-0.39, 0.29) is 97.0 Å². The minimum atomic E-state index is -2.20. The fraction of sp³-hybridized carbons (Fsp3) is 0.494. The molecule has 0 spiro atoms. The Hall–Kier alpha value is -9.82. The molecule has 586 valence electrons. The van der Waals surface area contributed by atoms with Crippen LogP contribution in [0.1, 0.15) is 157 Å². The summed E-state index contributed by atoms with van der Waals surface area (Å²) in [4.78, 5) is 140. The number of amides is 6. The van der Waals surface area contributed by atoms with E-state index in [0.29, 0.717) is 11.8 Å². The number of nitrogens with zero attached hydrogens (tertiary/aromatic N) is 4. The second kappa shape index (κ2) is 32.2. The molecule has 0 radical (unpaired) electrons. The Labute approximate surface area is 640 Å². The minimum absolute atomic E-state index is 0.0254. The van der Waals surface area contributed by atoms with Gasteiger partial charge in [-0.1, -0.05) is 60.4 Å². The molecule has 6 amide bonds. The van der Waals surface area contributed by atoms with Crippen molar-refractivity contribution in [3.63, 3.8) is 0 Å². The van der Waals surface area contributed by atoms with E-state index in [2.05, 4.69) is 31.3 Å². The maximum atomic E-state index is 16.3. The van der Waals surface area contributed by atoms with E-state index in [1.807, 2.05) is 0 Å². The Bertz CT molecular complexity index is 4520. The molecular formula is C77H87Cl2N9O22. The number of aliphatic hydroxyl groups excluding tert-OH is 5. The van der Waals surface area contributed by atoms with Gasteiger partial charge in [-0.2, -0.15) is 0 Å². The van der Waals surface area contributed by atoms with Gasteiger partial charge in [-0.3, -0.25) is 43.3 Å². The first-order valence-corrected chi connectivity index (χ1v) is 37.1. The number of nitrogens with two attached hydrogens (primary N) is 1. The van der Waals surface area contributed by atoms with Crippen LogP contribution >= 0.6 is 23.2 Å². The number of hydrogen-bond donors (Lipinski definition) is 13. The highest BCUT2D eigenvalue weighted by Gasteiger charge is 2.51. The average molecular weight is 1560 g/mol. The van der Waals surface area contributed by atoms with Crippen LogP contribution < -0.4 is 41.2 Å². The van der Waals surface area contributed by atoms with Crippen molar-refractivity contribution in [3.05, 3.63) is 127 Å². The number of carbonyl (C=O) groups excluding carboxylic acids is 9. The number of aliphatic hydroxyl groups is 5. The standard InChI is InChI=1S/C77H87Cl2N9O22/c1-31(2)13-48(88(6)76(105)110-77(3,4)5)73(103)85-63-51(92)22-40(25-59(80)95)71(101)83-61-39-23-56(106-54-11-8-35(65(63)96)20-46(54)78)70(109-75-69(100)68(99)67(98)58(108-75)30-82-87-81)57(24-39)107-55-12-9-36(21-47(55)79)66(97)64-74(104)84-62(53(94)28-42-37-15-32-14-33(17-37)18-38(42)16-32)45-26-41(89)27-50(91)60(45)44-19-34(7-10-49(44)90)43(29-52(61)93)72(102)86-64/h7-12,19-21,23-24,26-27,31-33,37-38,40,42-43,48,58,61-69,75,89-91,96-100H,13-18,22,25,28-30H2,1-6H3,(H2,80,95)(H,83,101)(H,84,104)(H,85,103)(H,86,102)/t32?,33?,37?,38?,40-,42?,43+,48+,58?,61+,62-,63-,64+,65+,66+,67?,68?,69?,75?/m0/s1. The van der Waals surface area contributed by atoms with Gasteiger partial charge < -0.3 is 91.5 Å². The number of carbonyl (C=O) groups is 9. The van der Waals surface area contributed by atoms with Crippen LogP contribution in [-0.2, 0) is 47.8 Å². The molecular weight excluding hydrogens is 1470 g/mol. The first kappa shape index (κ1) is 79.7. The van der Waals surface area contributed by atoms with E-state index < -0.39 is 204 Å². The highest BCUT2D eigenvalue weighted by Crippen LogP contribution is 2.58. The molecule has 10 aliphatic rings. The second-order valence-corrected chi connectivity index (χ2v) is 32.0. The van der Waals surface area contributed by atoms with Crippen molar-refractivity contribution >= 4 is 76.2 Å². The molecule has 0 aromatic heterocycles. The van der Waals surface area contributed by atoms with Crippen LogP contribution in [-0.4, -0.2) is 167 Å². The number of phenolic OH excluding ortho intramolecular Hbond substituents is 3. The van der Waals surface area contributed by atoms with Crippen LogP contribution in [0.5, 0.6) is 46.0 Å². The third kappa shape index (κ3) is 16.9. The summed E-state index contributed by atoms with van der Waals surface area (Å²) < 4.78 is 31.2. The Morgan fingerprint density at radius 2 is 1.33 bits per heavy atom. The fourth-order valence-corrected chi connectivity index (χ4v) is 17.1. The Balaban J connectivity index is 1.05. The Morgan fingerprint density at radius 3 is 1.92 bits per heavy atom. The van der Waals surface area contributed by atoms with Crippen LogP contribution in [0.2, 0.25) is 10.0 Å². The number of azide groups is 1. The van der Waals surface area contributed by atoms with Gasteiger partial charge in [-0.25, -0.2) is 4.79 Å². The van der Waals surface area contributed by atoms with Crippen molar-refractivity contribution in [2.75, 3.05) is 13.6 Å². The van der Waals surface area contributed by atoms with Gasteiger partial charge in [0.25, 0.3) is 0 Å². The van der Waals surface area contributed by atoms with Crippen molar-refractivity contribution in [1.29, 1.82) is 0 Å². The molecule has 110 heavy (non-hydrogen) atoms. The smallest absolute Gasteiger partial charge is 0.410 e. The van der Waals surface area contributed by atoms with Crippen LogP contribution in [0, 0.1) is 41.4 Å². The van der Waals surface area contributed by atoms with Gasteiger partial charge in [0, 0.05) is 54.8 Å². The number of hydrogen-bond acceptors (Lipinski definition) is 23. The summed E-state index contributed by atoms with van der Waals surface area (Å²) >= 11 is 14.2. The summed E-state index contributed by atoms with van der Waals surface area (Å²) in [6.45, 7) is 7.69. The predicted molar refractivity (Wildman–Crippen MR) is 390 cm³/mol. The van der Waals surface area contributed by atoms with Crippen molar-refractivity contribution in [2.24, 2.45) is 52.3 Å². The molecule has 15 rings (SSSR count). The van der Waals surface area contributed by atoms with E-state index in [0.717, 1.165) is 79.5 Å². The van der Waals surface area contributed by atoms with Gasteiger partial charge in [0.15, 0.2) is 28.8 Å². The topological polar surface area (TPSA) is 488 Å². The summed E-state index contributed by atoms with van der Waals surface area (Å²) in [6, 6.07) is 5.37. The Kier molecular flexibility index (Phi) is 23.4. The number of Topliss-reactive ketones (excluding diaryl/α,β-unsaturated/α-hetero) is 3. The molecule has 5 aromatic carbocycles. The number of rotatable bonds is 14. The van der Waals surface area contributed by atoms with E-state index in [1.165, 1.54) is 43.4 Å². The quantitative estimate of drug-likeness (QED) is 0.0287. The molecule has 14 N–H and O–H groups in total. The average Bonchev–Trinajstić information content (AvgIpc) is 0.763. The van der Waals surface area contributed by atoms with Gasteiger partial charge in [0.2, 0.25) is 41.6 Å². The van der Waals surface area contributed by atoms with E-state index in [9.17, 15) is 60.8 Å². The highest BCUT2D eigenvalue weighted by molar-refractivity contribution is 6.32. The molecule has 14 atom stereocenters. The zero-order valence-corrected chi connectivity index (χ0v) is 62.3. The van der Waals surface area contributed by atoms with Crippen LogP contribution in [0.15, 0.2) is 84.0 Å². The maximum Gasteiger partial charge on any atom is 0.410 e. The first-order chi connectivity index (χ1) is 52.0. The number of nitrogens with one attached hydrogen (secondary N) is 4. The van der Waals surface area contributed by atoms with E-state index in [4.69, 9.17) is 52.6 Å². The summed E-state index contributed by atoms with van der Waals surface area (Å²) in [5, 5.41) is 108. The lowest BCUT2D eigenvalue weighted by Crippen LogP contribution is -2.59. The third-order valence-corrected chi connectivity index (χ3v) is 22.4. The molecule has 5 aromatic rings. The van der Waals surface area contributed by atoms with Crippen molar-refractivity contribution < 1.29 is 108 Å². The van der Waals surface area contributed by atoms with Gasteiger partial charge in [-0.15, -0.1) is 0 Å². The molecule has 4 saturated carbocycles. The first-order valence-electron chi connectivity index (χ1n) is 36.3. The number of likely N-dealkylation sites (N-methyl/N-ethyl adjacent to an activating group) is 1. The third-order valence-electron chi connectivity index (χ3n) is 21.8. The zero-order chi connectivity index (χ0) is 79.4. The second-order valence-electron chi connectivity index (χ2n) is 31.2. The van der Waals surface area contributed by atoms with Gasteiger partial charge >= 0.3 is 6.09 Å². The number of ether oxygens (including phenoxy) is 5. The number of ketones is 3. The van der Waals surface area contributed by atoms with Crippen LogP contribution in [0.25, 0.3) is 21.6 Å². The SMILES string of the molecule is CC(C)C[C@H](C(=O)N[C@H]1C(=O)C[C@@H](CC(N)=O)C(=O)N[C@H]2C(=O)C[C@H]3C(=O)N[C@@H](C(=O)N[C@H](C(=O)CC4C5CC6CC(C5)CC4C6)c4cc(O)cc(O)c4-c4cc3ccc4O)[C@H](O)c3ccc(c(Cl)c3)Oc3cc2cc(c3OC2OC(CN=[N+]=[N-])C(O)C(O)C2O)Oc2ccc(cc2Cl)[C@H]1O)N(C)C(=O)OC(C)(C)C. The molecule has 1 saturated heterocycles. The maximum absolute atomic E-state index is 16.3. The molecule has 31 nitrogen and oxygen atoms in total. The monoisotopic (exact) mass is 1560 g/mol. The highest BCUT2D eigenvalue weighted by atomic mass is 35.5. The predicted octanol–water partition coefficient (Wildman–Crippen LogP) is 7.76. The molecule has 15 bridgehead atoms. The number of primary amides is 1. The summed E-state index contributed by atoms with van der Waals surface area (Å²) in [5.74, 6) is -15.9. The van der Waals surface area contributed by atoms with Gasteiger partial charge in [-0.05, 0) is 183 Å². The molecule has 6 aliphatic heterocycles. The van der Waals surface area contributed by atoms with E-state index in [1.54, 1.807) is 34.6 Å². The minimum Gasteiger partial charge on any atom is -0.508 e. The van der Waals surface area contributed by atoms with Crippen LogP contribution in [0.3, 0.4) is 0 Å². The lowest BCUT2D eigenvalue weighted by Gasteiger charge is -2.54. The van der Waals surface area contributed by atoms with Gasteiger partial charge in [0.1, 0.15) is 95.1 Å². The van der Waals surface area contributed by atoms with E-state index >= 15 is 28.8 Å². The number of aromatic hydroxyl groups is 3. The number of benzene rings is 5. The largest absolute Gasteiger partial charge is 0.508 e. The number of phenols is 3. The van der Waals surface area contributed by atoms with Gasteiger partial charge in [0.05, 0.1) is 34.5 Å². The van der Waals surface area contributed by atoms with Crippen molar-refractivity contribution in [1.82, 2.24) is 26.2 Å². The Morgan fingerprint density at radius 1 is 0.709 bits per heavy atom. The molecule has 5 unspecified atom stereocenters. The molecule has 33 heteroatoms. The normalized spacial score (nSPS) is 28.9. The van der Waals surface area contributed by atoms with Crippen molar-refractivity contribution in [3.8, 4) is 57.1 Å². The summed E-state index contributed by atoms with van der Waals surface area (Å²) in [6.07, 6.45) is -13.4. The number of fused-ring (bicyclic) bond motifs is 15. The molecule has 6 heterocycles. The fourth-order valence-electron chi connectivity index (χ4n) is 16.7. The molecule has 5 fully saturated rings.